The lowest BCUT2D eigenvalue weighted by Gasteiger charge is -2.34. The second-order valence-corrected chi connectivity index (χ2v) is 9.59. The van der Waals surface area contributed by atoms with Gasteiger partial charge in [0.2, 0.25) is 21.8 Å². The van der Waals surface area contributed by atoms with Crippen LogP contribution in [-0.2, 0) is 19.6 Å². The van der Waals surface area contributed by atoms with Gasteiger partial charge < -0.3 is 10.2 Å². The number of piperidine rings is 1. The topological polar surface area (TPSA) is 86.8 Å². The second-order valence-electron chi connectivity index (χ2n) is 7.65. The Morgan fingerprint density at radius 3 is 2.21 bits per heavy atom. The van der Waals surface area contributed by atoms with Crippen LogP contribution in [0.2, 0.25) is 0 Å². The van der Waals surface area contributed by atoms with E-state index in [0.717, 1.165) is 45.2 Å². The first-order valence-electron chi connectivity index (χ1n) is 10.0. The van der Waals surface area contributed by atoms with Gasteiger partial charge in [0, 0.05) is 38.8 Å². The molecule has 2 saturated heterocycles. The molecule has 3 rings (SSSR count). The van der Waals surface area contributed by atoms with E-state index in [0.29, 0.717) is 18.7 Å². The van der Waals surface area contributed by atoms with Crippen molar-refractivity contribution >= 4 is 27.5 Å². The minimum atomic E-state index is -3.66. The predicted molar refractivity (Wildman–Crippen MR) is 107 cm³/mol. The molecule has 2 heterocycles. The first-order valence-corrected chi connectivity index (χ1v) is 11.5. The van der Waals surface area contributed by atoms with Crippen LogP contribution in [0.5, 0.6) is 0 Å². The van der Waals surface area contributed by atoms with E-state index in [1.54, 1.807) is 12.1 Å². The number of hydrogen-bond donors (Lipinski definition) is 1. The third kappa shape index (κ3) is 4.91. The molecule has 2 aliphatic heterocycles. The van der Waals surface area contributed by atoms with Gasteiger partial charge in [-0.1, -0.05) is 12.8 Å². The number of carbonyl (C=O) groups excluding carboxylic acids is 2. The van der Waals surface area contributed by atoms with Gasteiger partial charge in [0.05, 0.1) is 10.8 Å². The summed E-state index contributed by atoms with van der Waals surface area (Å²) < 4.78 is 27.5. The van der Waals surface area contributed by atoms with Crippen LogP contribution in [0.25, 0.3) is 0 Å². The minimum absolute atomic E-state index is 0.0998. The average Bonchev–Trinajstić information content (AvgIpc) is 2.97. The summed E-state index contributed by atoms with van der Waals surface area (Å²) >= 11 is 0. The Morgan fingerprint density at radius 1 is 0.964 bits per heavy atom. The molecule has 1 aromatic carbocycles. The van der Waals surface area contributed by atoms with E-state index < -0.39 is 10.0 Å². The Labute approximate surface area is 167 Å². The highest BCUT2D eigenvalue weighted by atomic mass is 32.2. The van der Waals surface area contributed by atoms with E-state index >= 15 is 0 Å². The molecule has 0 aliphatic carbocycles. The molecule has 2 aliphatic rings. The summed E-state index contributed by atoms with van der Waals surface area (Å²) in [4.78, 5) is 26.2. The Bertz CT molecular complexity index is 799. The Kier molecular flexibility index (Phi) is 6.72. The molecule has 0 aromatic heterocycles. The van der Waals surface area contributed by atoms with Crippen molar-refractivity contribution in [3.63, 3.8) is 0 Å². The fourth-order valence-electron chi connectivity index (χ4n) is 3.97. The Morgan fingerprint density at radius 2 is 1.61 bits per heavy atom. The van der Waals surface area contributed by atoms with Crippen LogP contribution >= 0.6 is 0 Å². The number of anilines is 1. The van der Waals surface area contributed by atoms with Gasteiger partial charge in [-0.15, -0.1) is 0 Å². The van der Waals surface area contributed by atoms with Crippen LogP contribution in [0.15, 0.2) is 29.2 Å². The summed E-state index contributed by atoms with van der Waals surface area (Å²) in [7, 11) is -3.66. The maximum absolute atomic E-state index is 13.0. The average molecular weight is 408 g/mol. The Hall–Kier alpha value is -1.93. The van der Waals surface area contributed by atoms with Crippen LogP contribution in [0.1, 0.15) is 45.4 Å². The molecule has 0 radical (unpaired) electrons. The molecule has 7 nitrogen and oxygen atoms in total. The predicted octanol–water partition coefficient (Wildman–Crippen LogP) is 2.45. The van der Waals surface area contributed by atoms with E-state index in [1.165, 1.54) is 23.4 Å². The molecular formula is C20H29N3O4S. The zero-order chi connectivity index (χ0) is 20.1. The smallest absolute Gasteiger partial charge is 0.243 e. The summed E-state index contributed by atoms with van der Waals surface area (Å²) in [6.45, 7) is 3.64. The molecule has 1 atom stereocenters. The van der Waals surface area contributed by atoms with Gasteiger partial charge in [-0.2, -0.15) is 4.31 Å². The van der Waals surface area contributed by atoms with Crippen LogP contribution < -0.4 is 5.32 Å². The number of nitrogens with one attached hydrogen (secondary N) is 1. The third-order valence-electron chi connectivity index (χ3n) is 5.46. The van der Waals surface area contributed by atoms with E-state index in [9.17, 15) is 18.0 Å². The second kappa shape index (κ2) is 9.05. The van der Waals surface area contributed by atoms with E-state index in [4.69, 9.17) is 0 Å². The first-order chi connectivity index (χ1) is 13.4. The summed E-state index contributed by atoms with van der Waals surface area (Å²) in [5.41, 5.74) is 0.555. The number of likely N-dealkylation sites (tertiary alicyclic amines) is 1. The maximum Gasteiger partial charge on any atom is 0.243 e. The van der Waals surface area contributed by atoms with Crippen LogP contribution in [0, 0.1) is 5.92 Å². The summed E-state index contributed by atoms with van der Waals surface area (Å²) in [6, 6.07) is 6.16. The molecule has 28 heavy (non-hydrogen) atoms. The van der Waals surface area contributed by atoms with Gasteiger partial charge >= 0.3 is 0 Å². The standard InChI is InChI=1S/C20H29N3O4S/c1-16(24)21-18-8-10-19(11-9-18)28(26,27)23-14-6-7-17(15-23)20(25)22-12-4-2-3-5-13-22/h8-11,17H,2-7,12-15H2,1H3,(H,21,24)/t17-/m1/s1. The highest BCUT2D eigenvalue weighted by Gasteiger charge is 2.35. The lowest BCUT2D eigenvalue weighted by atomic mass is 9.98. The number of carbonyl (C=O) groups is 2. The molecule has 0 bridgehead atoms. The molecule has 2 fully saturated rings. The molecule has 0 spiro atoms. The number of benzene rings is 1. The summed E-state index contributed by atoms with van der Waals surface area (Å²) in [5.74, 6) is -0.371. The molecule has 0 unspecified atom stereocenters. The number of sulfonamides is 1. The van der Waals surface area contributed by atoms with Gasteiger partial charge in [-0.05, 0) is 49.9 Å². The highest BCUT2D eigenvalue weighted by molar-refractivity contribution is 7.89. The van der Waals surface area contributed by atoms with Crippen molar-refractivity contribution in [2.75, 3.05) is 31.5 Å². The first kappa shape index (κ1) is 20.8. The van der Waals surface area contributed by atoms with Gasteiger partial charge in [0.15, 0.2) is 0 Å². The number of nitrogens with zero attached hydrogens (tertiary/aromatic N) is 2. The molecule has 1 N–H and O–H groups in total. The minimum Gasteiger partial charge on any atom is -0.342 e. The third-order valence-corrected chi connectivity index (χ3v) is 7.34. The molecule has 0 saturated carbocycles. The largest absolute Gasteiger partial charge is 0.342 e. The SMILES string of the molecule is CC(=O)Nc1ccc(S(=O)(=O)N2CCC[C@@H](C(=O)N3CCCCCC3)C2)cc1. The summed E-state index contributed by atoms with van der Waals surface area (Å²) in [6.07, 6.45) is 5.80. The molecule has 2 amide bonds. The maximum atomic E-state index is 13.0. The monoisotopic (exact) mass is 407 g/mol. The molecule has 154 valence electrons. The Balaban J connectivity index is 1.69. The fourth-order valence-corrected chi connectivity index (χ4v) is 5.50. The van der Waals surface area contributed by atoms with Gasteiger partial charge in [-0.3, -0.25) is 9.59 Å². The lowest BCUT2D eigenvalue weighted by molar-refractivity contribution is -0.136. The molecular weight excluding hydrogens is 378 g/mol. The zero-order valence-corrected chi connectivity index (χ0v) is 17.2. The fraction of sp³-hybridized carbons (Fsp3) is 0.600. The molecule has 1 aromatic rings. The van der Waals surface area contributed by atoms with Crippen molar-refractivity contribution in [1.29, 1.82) is 0 Å². The number of hydrogen-bond acceptors (Lipinski definition) is 4. The van der Waals surface area contributed by atoms with Crippen LogP contribution in [0.3, 0.4) is 0 Å². The van der Waals surface area contributed by atoms with E-state index in [-0.39, 0.29) is 29.2 Å². The van der Waals surface area contributed by atoms with Crippen LogP contribution in [-0.4, -0.2) is 55.6 Å². The quantitative estimate of drug-likeness (QED) is 0.831. The van der Waals surface area contributed by atoms with Gasteiger partial charge in [-0.25, -0.2) is 8.42 Å². The number of rotatable bonds is 4. The van der Waals surface area contributed by atoms with Gasteiger partial charge in [0.1, 0.15) is 0 Å². The van der Waals surface area contributed by atoms with Crippen LogP contribution in [0.4, 0.5) is 5.69 Å². The summed E-state index contributed by atoms with van der Waals surface area (Å²) in [5, 5.41) is 2.63. The molecule has 8 heteroatoms. The van der Waals surface area contributed by atoms with Crippen molar-refractivity contribution in [2.24, 2.45) is 5.92 Å². The van der Waals surface area contributed by atoms with Crippen molar-refractivity contribution in [3.05, 3.63) is 24.3 Å². The zero-order valence-electron chi connectivity index (χ0n) is 16.4. The number of amides is 2. The van der Waals surface area contributed by atoms with Crippen molar-refractivity contribution in [1.82, 2.24) is 9.21 Å². The lowest BCUT2D eigenvalue weighted by Crippen LogP contribution is -2.46. The van der Waals surface area contributed by atoms with Crippen molar-refractivity contribution in [2.45, 2.75) is 50.3 Å². The normalized spacial score (nSPS) is 21.8. The highest BCUT2D eigenvalue weighted by Crippen LogP contribution is 2.26. The van der Waals surface area contributed by atoms with Crippen molar-refractivity contribution in [3.8, 4) is 0 Å². The van der Waals surface area contributed by atoms with Gasteiger partial charge in [0.25, 0.3) is 0 Å². The van der Waals surface area contributed by atoms with Crippen molar-refractivity contribution < 1.29 is 18.0 Å². The van der Waals surface area contributed by atoms with E-state index in [1.807, 2.05) is 4.90 Å². The van der Waals surface area contributed by atoms with E-state index in [2.05, 4.69) is 5.32 Å².